The van der Waals surface area contributed by atoms with Crippen molar-refractivity contribution in [2.24, 2.45) is 0 Å². The Hall–Kier alpha value is -5.76. The summed E-state index contributed by atoms with van der Waals surface area (Å²) in [6.07, 6.45) is 2.86. The lowest BCUT2D eigenvalue weighted by molar-refractivity contribution is -0.384. The van der Waals surface area contributed by atoms with Gasteiger partial charge in [0.2, 0.25) is 5.88 Å². The van der Waals surface area contributed by atoms with Crippen LogP contribution in [0.2, 0.25) is 5.02 Å². The van der Waals surface area contributed by atoms with Crippen LogP contribution in [0, 0.1) is 10.1 Å². The van der Waals surface area contributed by atoms with Crippen LogP contribution in [-0.2, 0) is 24.2 Å². The average Bonchev–Trinajstić information content (AvgIpc) is 3.66. The van der Waals surface area contributed by atoms with Crippen molar-refractivity contribution >= 4 is 72.6 Å². The quantitative estimate of drug-likeness (QED) is 0.0877. The van der Waals surface area contributed by atoms with Crippen molar-refractivity contribution in [1.29, 1.82) is 0 Å². The molecule has 3 aromatic carbocycles. The molecule has 19 heteroatoms. The van der Waals surface area contributed by atoms with Crippen molar-refractivity contribution < 1.29 is 37.1 Å². The molecular formula is C46H51ClN8O9S. The number of sulfonamides is 1. The zero-order chi connectivity index (χ0) is 45.3. The van der Waals surface area contributed by atoms with E-state index in [4.69, 9.17) is 35.5 Å². The number of nitrogens with zero attached hydrogens (tertiary/aromatic N) is 5. The number of hydrogen-bond donors (Lipinski definition) is 3. The van der Waals surface area contributed by atoms with Gasteiger partial charge in [0.05, 0.1) is 65.8 Å². The van der Waals surface area contributed by atoms with Gasteiger partial charge in [-0.15, -0.1) is 0 Å². The predicted molar refractivity (Wildman–Crippen MR) is 248 cm³/mol. The van der Waals surface area contributed by atoms with Crippen molar-refractivity contribution in [3.8, 4) is 5.88 Å². The zero-order valence-corrected chi connectivity index (χ0v) is 37.8. The summed E-state index contributed by atoms with van der Waals surface area (Å²) in [7, 11) is -4.60. The topological polar surface area (TPSA) is 194 Å². The van der Waals surface area contributed by atoms with Gasteiger partial charge in [0.15, 0.2) is 0 Å². The maximum atomic E-state index is 14.4. The third-order valence-corrected chi connectivity index (χ3v) is 13.8. The third kappa shape index (κ3) is 9.92. The van der Waals surface area contributed by atoms with Gasteiger partial charge in [-0.3, -0.25) is 19.8 Å². The van der Waals surface area contributed by atoms with Gasteiger partial charge in [-0.1, -0.05) is 23.7 Å². The van der Waals surface area contributed by atoms with E-state index < -0.39 is 31.4 Å². The van der Waals surface area contributed by atoms with Gasteiger partial charge in [0.25, 0.3) is 21.6 Å². The highest BCUT2D eigenvalue weighted by Gasteiger charge is 2.32. The maximum Gasteiger partial charge on any atom is 0.293 e. The maximum absolute atomic E-state index is 14.4. The van der Waals surface area contributed by atoms with Crippen LogP contribution in [0.3, 0.4) is 0 Å². The Balaban J connectivity index is 0.988. The molecule has 0 saturated carbocycles. The summed E-state index contributed by atoms with van der Waals surface area (Å²) < 4.78 is 53.4. The number of piperazine rings is 1. The molecule has 2 fully saturated rings. The molecule has 1 atom stereocenters. The lowest BCUT2D eigenvalue weighted by Gasteiger charge is -2.40. The molecule has 0 unspecified atom stereocenters. The second kappa shape index (κ2) is 18.6. The number of rotatable bonds is 12. The predicted octanol–water partition coefficient (Wildman–Crippen LogP) is 6.77. The van der Waals surface area contributed by atoms with E-state index in [2.05, 4.69) is 38.7 Å². The van der Waals surface area contributed by atoms with Crippen molar-refractivity contribution in [3.05, 3.63) is 111 Å². The first-order chi connectivity index (χ1) is 31.3. The summed E-state index contributed by atoms with van der Waals surface area (Å²) in [5.74, 6) is -0.523. The van der Waals surface area contributed by atoms with Gasteiger partial charge >= 0.3 is 0 Å². The van der Waals surface area contributed by atoms with Gasteiger partial charge in [0.1, 0.15) is 17.0 Å². The molecule has 2 saturated heterocycles. The number of anilines is 4. The Morgan fingerprint density at radius 1 is 0.985 bits per heavy atom. The van der Waals surface area contributed by atoms with Gasteiger partial charge in [0, 0.05) is 74.2 Å². The van der Waals surface area contributed by atoms with E-state index >= 15 is 0 Å². The molecule has 0 bridgehead atoms. The molecule has 9 rings (SSSR count). The summed E-state index contributed by atoms with van der Waals surface area (Å²) >= 11 is 6.23. The highest BCUT2D eigenvalue weighted by Crippen LogP contribution is 2.41. The molecule has 17 nitrogen and oxygen atoms in total. The summed E-state index contributed by atoms with van der Waals surface area (Å²) in [6, 6.07) is 20.6. The molecule has 0 spiro atoms. The third-order valence-electron chi connectivity index (χ3n) is 12.2. The molecule has 342 valence electrons. The smallest absolute Gasteiger partial charge is 0.293 e. The zero-order valence-electron chi connectivity index (χ0n) is 36.2. The average molecular weight is 927 g/mol. The summed E-state index contributed by atoms with van der Waals surface area (Å²) in [6.45, 7) is 10.8. The number of nitrogens with one attached hydrogen (secondary N) is 3. The largest absolute Gasteiger partial charge is 0.476 e. The summed E-state index contributed by atoms with van der Waals surface area (Å²) in [4.78, 5) is 40.0. The second-order valence-corrected chi connectivity index (χ2v) is 19.3. The number of aromatic amines is 1. The number of pyridine rings is 1. The highest BCUT2D eigenvalue weighted by atomic mass is 35.5. The van der Waals surface area contributed by atoms with E-state index in [0.29, 0.717) is 87.0 Å². The van der Waals surface area contributed by atoms with Crippen molar-refractivity contribution in [1.82, 2.24) is 19.6 Å². The minimum atomic E-state index is -4.60. The molecule has 65 heavy (non-hydrogen) atoms. The Bertz CT molecular complexity index is 2730. The van der Waals surface area contributed by atoms with Crippen LogP contribution in [0.5, 0.6) is 5.88 Å². The van der Waals surface area contributed by atoms with Crippen LogP contribution >= 0.6 is 11.6 Å². The molecule has 3 N–H and O–H groups in total. The number of hydrogen-bond acceptors (Lipinski definition) is 14. The van der Waals surface area contributed by atoms with E-state index in [0.717, 1.165) is 48.8 Å². The highest BCUT2D eigenvalue weighted by molar-refractivity contribution is 7.90. The standard InChI is InChI=1S/C46H51ClN8O9S/c1-46(2)25-32(38(29-64-46)30-4-6-33(47)7-5-30)27-52-15-17-53(18-16-52)34-8-10-37(40(23-34)54-14-3-19-63-45-42(54)22-31-12-13-48-43(31)50-45)44(56)51-65(59,60)36-9-11-39(41(24-36)55(57)58)49-26-35-28-61-20-21-62-35/h4-13,22-24,35,49H,3,14-21,25-29H2,1-2H3,(H,48,50)(H,51,56)/t35-/m0/s1. The molecule has 1 amide bonds. The van der Waals surface area contributed by atoms with Crippen LogP contribution in [0.15, 0.2) is 89.5 Å². The first-order valence-corrected chi connectivity index (χ1v) is 23.6. The molecule has 4 aliphatic rings. The fourth-order valence-corrected chi connectivity index (χ4v) is 9.92. The van der Waals surface area contributed by atoms with E-state index in [1.165, 1.54) is 23.3 Å². The molecule has 0 radical (unpaired) electrons. The second-order valence-electron chi connectivity index (χ2n) is 17.2. The lowest BCUT2D eigenvalue weighted by Crippen LogP contribution is -2.47. The van der Waals surface area contributed by atoms with Crippen molar-refractivity contribution in [2.45, 2.75) is 43.3 Å². The van der Waals surface area contributed by atoms with E-state index in [-0.39, 0.29) is 29.5 Å². The molecule has 6 heterocycles. The number of fused-ring (bicyclic) bond motifs is 2. The first kappa shape index (κ1) is 44.4. The number of ether oxygens (including phenoxy) is 4. The van der Waals surface area contributed by atoms with Crippen molar-refractivity contribution in [2.75, 3.05) is 94.0 Å². The SMILES string of the molecule is CC1(C)CC(CN2CCN(c3ccc(C(=O)NS(=O)(=O)c4ccc(NC[C@H]5COCCO5)c([N+](=O)[O-])c4)c(N4CCCOc5nc6[nH]ccc6cc54)c3)CC2)=C(c2ccc(Cl)cc2)CO1. The van der Waals surface area contributed by atoms with Gasteiger partial charge in [-0.25, -0.2) is 13.1 Å². The van der Waals surface area contributed by atoms with Gasteiger partial charge < -0.3 is 39.0 Å². The van der Waals surface area contributed by atoms with Crippen LogP contribution in [0.25, 0.3) is 16.6 Å². The molecule has 4 aliphatic heterocycles. The minimum Gasteiger partial charge on any atom is -0.476 e. The lowest BCUT2D eigenvalue weighted by atomic mass is 9.88. The van der Waals surface area contributed by atoms with E-state index in [1.807, 2.05) is 53.4 Å². The number of amides is 1. The Labute approximate surface area is 381 Å². The van der Waals surface area contributed by atoms with Crippen molar-refractivity contribution in [3.63, 3.8) is 0 Å². The van der Waals surface area contributed by atoms with Gasteiger partial charge in [-0.2, -0.15) is 4.98 Å². The summed E-state index contributed by atoms with van der Waals surface area (Å²) in [5.41, 5.74) is 5.69. The monoisotopic (exact) mass is 926 g/mol. The number of H-pyrrole nitrogens is 1. The number of aromatic nitrogens is 2. The number of halogens is 1. The fourth-order valence-electron chi connectivity index (χ4n) is 8.81. The van der Waals surface area contributed by atoms with Crippen LogP contribution < -0.4 is 24.6 Å². The van der Waals surface area contributed by atoms with Gasteiger partial charge in [-0.05, 0) is 98.0 Å². The molecule has 2 aromatic heterocycles. The van der Waals surface area contributed by atoms with Crippen LogP contribution in [0.4, 0.5) is 28.4 Å². The number of nitro groups is 1. The van der Waals surface area contributed by atoms with Crippen LogP contribution in [-0.4, -0.2) is 125 Å². The normalized spacial score (nSPS) is 19.3. The Kier molecular flexibility index (Phi) is 12.7. The van der Waals surface area contributed by atoms with Crippen LogP contribution in [0.1, 0.15) is 42.6 Å². The Morgan fingerprint density at radius 2 is 1.80 bits per heavy atom. The Morgan fingerprint density at radius 3 is 2.57 bits per heavy atom. The number of carbonyl (C=O) groups excluding carboxylic acids is 1. The molecule has 0 aliphatic carbocycles. The number of nitro benzene ring substituents is 1. The fraction of sp³-hybridized carbons (Fsp3) is 0.391. The summed E-state index contributed by atoms with van der Waals surface area (Å²) in [5, 5.41) is 16.7. The molecular weight excluding hydrogens is 876 g/mol. The first-order valence-electron chi connectivity index (χ1n) is 21.7. The van der Waals surface area contributed by atoms with E-state index in [9.17, 15) is 23.3 Å². The minimum absolute atomic E-state index is 0.0873. The number of carbonyl (C=O) groups is 1. The number of benzene rings is 3. The van der Waals surface area contributed by atoms with E-state index in [1.54, 1.807) is 12.3 Å². The molecule has 5 aromatic rings.